The number of amides is 1. The molecule has 9 nitrogen and oxygen atoms in total. The summed E-state index contributed by atoms with van der Waals surface area (Å²) in [5.41, 5.74) is 1.66. The lowest BCUT2D eigenvalue weighted by molar-refractivity contribution is -0.137. The van der Waals surface area contributed by atoms with Crippen LogP contribution >= 0.6 is 0 Å². The van der Waals surface area contributed by atoms with Crippen molar-refractivity contribution < 1.29 is 35.3 Å². The molecule has 1 amide bonds. The molecule has 0 bridgehead atoms. The van der Waals surface area contributed by atoms with Gasteiger partial charge in [-0.15, -0.1) is 0 Å². The van der Waals surface area contributed by atoms with Crippen LogP contribution in [0.4, 0.5) is 13.2 Å². The minimum Gasteiger partial charge on any atom is -0.379 e. The molecule has 0 unspecified atom stereocenters. The number of aromatic nitrogens is 2. The lowest BCUT2D eigenvalue weighted by atomic mass is 10.1. The first kappa shape index (κ1) is 31.2. The molecule has 0 atom stereocenters. The van der Waals surface area contributed by atoms with E-state index >= 15 is 0 Å². The van der Waals surface area contributed by atoms with Gasteiger partial charge in [0.15, 0.2) is 5.75 Å². The molecule has 5 rings (SSSR count). The maximum absolute atomic E-state index is 13.3. The predicted octanol–water partition coefficient (Wildman–Crippen LogP) is 4.76. The van der Waals surface area contributed by atoms with Crippen LogP contribution in [0, 0.1) is 6.92 Å². The largest absolute Gasteiger partial charge is 0.416 e. The highest BCUT2D eigenvalue weighted by Gasteiger charge is 2.32. The second-order valence-electron chi connectivity index (χ2n) is 10.3. The van der Waals surface area contributed by atoms with Crippen LogP contribution in [-0.2, 0) is 32.4 Å². The van der Waals surface area contributed by atoms with E-state index in [-0.39, 0.29) is 18.2 Å². The molecule has 44 heavy (non-hydrogen) atoms. The van der Waals surface area contributed by atoms with Crippen LogP contribution in [0.5, 0.6) is 5.75 Å². The van der Waals surface area contributed by atoms with Gasteiger partial charge in [0, 0.05) is 31.7 Å². The van der Waals surface area contributed by atoms with Crippen LogP contribution in [0.3, 0.4) is 0 Å². The van der Waals surface area contributed by atoms with Crippen molar-refractivity contribution in [2.45, 2.75) is 24.5 Å². The molecule has 1 aliphatic rings. The quantitative estimate of drug-likeness (QED) is 0.253. The lowest BCUT2D eigenvalue weighted by Crippen LogP contribution is -2.41. The highest BCUT2D eigenvalue weighted by Crippen LogP contribution is 2.36. The zero-order valence-electron chi connectivity index (χ0n) is 23.9. The maximum atomic E-state index is 13.3. The Kier molecular flexibility index (Phi) is 9.37. The van der Waals surface area contributed by atoms with Crippen molar-refractivity contribution in [2.75, 3.05) is 39.4 Å². The van der Waals surface area contributed by atoms with E-state index in [0.29, 0.717) is 49.3 Å². The van der Waals surface area contributed by atoms with Crippen LogP contribution in [0.1, 0.15) is 11.1 Å². The first-order valence-corrected chi connectivity index (χ1v) is 15.3. The average Bonchev–Trinajstić information content (AvgIpc) is 3.42. The summed E-state index contributed by atoms with van der Waals surface area (Å²) in [7, 11) is -4.64. The minimum atomic E-state index is -4.73. The van der Waals surface area contributed by atoms with E-state index in [4.69, 9.17) is 8.92 Å². The number of nitrogens with zero attached hydrogens (tertiary/aromatic N) is 3. The molecule has 4 aromatic rings. The van der Waals surface area contributed by atoms with Gasteiger partial charge in [0.05, 0.1) is 30.2 Å². The zero-order chi connectivity index (χ0) is 31.3. The molecule has 232 valence electrons. The highest BCUT2D eigenvalue weighted by atomic mass is 32.2. The van der Waals surface area contributed by atoms with E-state index in [0.717, 1.165) is 42.4 Å². The average molecular weight is 629 g/mol. The standard InChI is InChI=1S/C31H31F3N4O5S/c1-22-10-11-29(43-44(40,41)25-9-5-8-24(19-25)31(32,33)34)26(18-22)27-20-28(23-6-3-2-4-7-23)38(36-27)21-30(39)35-12-13-37-14-16-42-17-15-37/h2-11,18-20H,12-17,21H2,1H3,(H,35,39). The van der Waals surface area contributed by atoms with Gasteiger partial charge >= 0.3 is 16.3 Å². The number of aryl methyl sites for hydroxylation is 1. The van der Waals surface area contributed by atoms with Crippen LogP contribution in [0.2, 0.25) is 0 Å². The molecule has 1 aromatic heterocycles. The molecule has 1 aliphatic heterocycles. The summed E-state index contributed by atoms with van der Waals surface area (Å²) in [4.78, 5) is 14.5. The molecule has 3 aromatic carbocycles. The number of hydrogen-bond donors (Lipinski definition) is 1. The number of hydrogen-bond acceptors (Lipinski definition) is 7. The van der Waals surface area contributed by atoms with Gasteiger partial charge in [-0.3, -0.25) is 14.4 Å². The number of ether oxygens (including phenoxy) is 1. The first-order chi connectivity index (χ1) is 21.0. The molecular weight excluding hydrogens is 597 g/mol. The lowest BCUT2D eigenvalue weighted by Gasteiger charge is -2.26. The predicted molar refractivity (Wildman–Crippen MR) is 157 cm³/mol. The number of rotatable bonds is 10. The fourth-order valence-corrected chi connectivity index (χ4v) is 5.79. The summed E-state index contributed by atoms with van der Waals surface area (Å²) in [6.07, 6.45) is -4.73. The zero-order valence-corrected chi connectivity index (χ0v) is 24.7. The molecule has 0 aliphatic carbocycles. The molecule has 1 saturated heterocycles. The fraction of sp³-hybridized carbons (Fsp3) is 0.290. The van der Waals surface area contributed by atoms with Gasteiger partial charge < -0.3 is 14.2 Å². The summed E-state index contributed by atoms with van der Waals surface area (Å²) < 4.78 is 78.3. The molecule has 0 radical (unpaired) electrons. The van der Waals surface area contributed by atoms with Crippen molar-refractivity contribution in [3.05, 3.63) is 90.0 Å². The number of carbonyl (C=O) groups is 1. The summed E-state index contributed by atoms with van der Waals surface area (Å²) in [5, 5.41) is 7.58. The molecule has 13 heteroatoms. The van der Waals surface area contributed by atoms with Gasteiger partial charge in [0.1, 0.15) is 11.4 Å². The first-order valence-electron chi connectivity index (χ1n) is 13.9. The highest BCUT2D eigenvalue weighted by molar-refractivity contribution is 7.87. The van der Waals surface area contributed by atoms with E-state index in [2.05, 4.69) is 15.3 Å². The Balaban J connectivity index is 1.43. The van der Waals surface area contributed by atoms with Crippen LogP contribution in [0.25, 0.3) is 22.5 Å². The fourth-order valence-electron chi connectivity index (χ4n) is 4.79. The van der Waals surface area contributed by atoms with E-state index in [9.17, 15) is 26.4 Å². The Morgan fingerprint density at radius 3 is 2.48 bits per heavy atom. The molecule has 0 spiro atoms. The van der Waals surface area contributed by atoms with Crippen molar-refractivity contribution in [1.82, 2.24) is 20.0 Å². The molecule has 2 heterocycles. The second kappa shape index (κ2) is 13.2. The normalized spacial score (nSPS) is 14.4. The third kappa shape index (κ3) is 7.65. The van der Waals surface area contributed by atoms with E-state index in [1.165, 1.54) is 10.7 Å². The smallest absolute Gasteiger partial charge is 0.379 e. The summed E-state index contributed by atoms with van der Waals surface area (Å²) in [6.45, 7) is 5.78. The van der Waals surface area contributed by atoms with Crippen LogP contribution < -0.4 is 9.50 Å². The minimum absolute atomic E-state index is 0.0993. The number of halogens is 3. The SMILES string of the molecule is Cc1ccc(OS(=O)(=O)c2cccc(C(F)(F)F)c2)c(-c2cc(-c3ccccc3)n(CC(=O)NCCN3CCOCC3)n2)c1. The summed E-state index contributed by atoms with van der Waals surface area (Å²) >= 11 is 0. The van der Waals surface area contributed by atoms with Gasteiger partial charge in [0.2, 0.25) is 5.91 Å². The Hall–Kier alpha value is -4.20. The third-order valence-electron chi connectivity index (χ3n) is 7.06. The van der Waals surface area contributed by atoms with Gasteiger partial charge in [-0.05, 0) is 48.9 Å². The Labute approximate surface area is 253 Å². The third-order valence-corrected chi connectivity index (χ3v) is 8.29. The van der Waals surface area contributed by atoms with Crippen molar-refractivity contribution in [2.24, 2.45) is 0 Å². The van der Waals surface area contributed by atoms with Crippen LogP contribution in [0.15, 0.2) is 83.8 Å². The number of carbonyl (C=O) groups excluding carboxylic acids is 1. The number of benzene rings is 3. The van der Waals surface area contributed by atoms with Crippen molar-refractivity contribution >= 4 is 16.0 Å². The van der Waals surface area contributed by atoms with E-state index in [1.807, 2.05) is 30.3 Å². The van der Waals surface area contributed by atoms with Crippen molar-refractivity contribution in [3.8, 4) is 28.3 Å². The summed E-state index contributed by atoms with van der Waals surface area (Å²) in [5.74, 6) is -0.370. The molecule has 1 N–H and O–H groups in total. The van der Waals surface area contributed by atoms with Gasteiger partial charge in [-0.1, -0.05) is 48.0 Å². The van der Waals surface area contributed by atoms with E-state index in [1.54, 1.807) is 25.1 Å². The van der Waals surface area contributed by atoms with E-state index < -0.39 is 26.8 Å². The Morgan fingerprint density at radius 2 is 1.75 bits per heavy atom. The topological polar surface area (TPSA) is 103 Å². The Morgan fingerprint density at radius 1 is 1.00 bits per heavy atom. The summed E-state index contributed by atoms with van der Waals surface area (Å²) in [6, 6.07) is 19.1. The monoisotopic (exact) mass is 628 g/mol. The van der Waals surface area contributed by atoms with Gasteiger partial charge in [0.25, 0.3) is 0 Å². The van der Waals surface area contributed by atoms with Crippen molar-refractivity contribution in [3.63, 3.8) is 0 Å². The number of alkyl halides is 3. The molecule has 1 fully saturated rings. The second-order valence-corrected chi connectivity index (χ2v) is 11.9. The van der Waals surface area contributed by atoms with Gasteiger partial charge in [-0.25, -0.2) is 0 Å². The number of morpholine rings is 1. The Bertz CT molecular complexity index is 1720. The van der Waals surface area contributed by atoms with Crippen LogP contribution in [-0.4, -0.2) is 68.4 Å². The van der Waals surface area contributed by atoms with Crippen molar-refractivity contribution in [1.29, 1.82) is 0 Å². The maximum Gasteiger partial charge on any atom is 0.416 e. The molecule has 0 saturated carbocycles. The van der Waals surface area contributed by atoms with Gasteiger partial charge in [-0.2, -0.15) is 26.7 Å². The number of nitrogens with one attached hydrogen (secondary N) is 1. The molecular formula is C31H31F3N4O5S.